The fourth-order valence-corrected chi connectivity index (χ4v) is 2.47. The molecule has 16 heavy (non-hydrogen) atoms. The zero-order valence-electron chi connectivity index (χ0n) is 9.78. The first-order chi connectivity index (χ1) is 7.65. The molecule has 0 aliphatic carbocycles. The van der Waals surface area contributed by atoms with Gasteiger partial charge in [0.25, 0.3) is 0 Å². The maximum absolute atomic E-state index is 5.35. The third-order valence-electron chi connectivity index (χ3n) is 2.79. The number of ether oxygens (including phenoxy) is 1. The Morgan fingerprint density at radius 1 is 1.50 bits per heavy atom. The average molecular weight is 236 g/mol. The van der Waals surface area contributed by atoms with Crippen molar-refractivity contribution in [2.75, 3.05) is 13.7 Å². The molecule has 0 amide bonds. The number of hydrogen-bond donors (Lipinski definition) is 1. The van der Waals surface area contributed by atoms with E-state index in [1.807, 2.05) is 12.1 Å². The molecule has 0 aliphatic heterocycles. The number of para-hydroxylation sites is 1. The van der Waals surface area contributed by atoms with Crippen LogP contribution in [0.1, 0.15) is 18.5 Å². The van der Waals surface area contributed by atoms with Gasteiger partial charge in [-0.15, -0.1) is 0 Å². The molecular weight excluding hydrogens is 220 g/mol. The number of hydrogen-bond acceptors (Lipinski definition) is 2. The highest BCUT2D eigenvalue weighted by molar-refractivity contribution is 7.71. The van der Waals surface area contributed by atoms with Crippen LogP contribution in [0.15, 0.2) is 18.2 Å². The summed E-state index contributed by atoms with van der Waals surface area (Å²) >= 11 is 5.35. The van der Waals surface area contributed by atoms with Crippen molar-refractivity contribution < 1.29 is 4.74 Å². The van der Waals surface area contributed by atoms with Crippen molar-refractivity contribution in [2.45, 2.75) is 19.9 Å². The van der Waals surface area contributed by atoms with E-state index in [2.05, 4.69) is 29.5 Å². The lowest BCUT2D eigenvalue weighted by Crippen LogP contribution is -2.11. The van der Waals surface area contributed by atoms with E-state index in [0.717, 1.165) is 10.3 Å². The number of aromatic amines is 1. The van der Waals surface area contributed by atoms with E-state index >= 15 is 0 Å². The van der Waals surface area contributed by atoms with Crippen LogP contribution >= 0.6 is 12.2 Å². The van der Waals surface area contributed by atoms with Crippen molar-refractivity contribution in [3.05, 3.63) is 28.5 Å². The molecule has 0 saturated heterocycles. The average Bonchev–Trinajstić information content (AvgIpc) is 2.56. The molecule has 1 aromatic carbocycles. The Morgan fingerprint density at radius 3 is 2.94 bits per heavy atom. The van der Waals surface area contributed by atoms with Gasteiger partial charge in [-0.05, 0) is 37.7 Å². The lowest BCUT2D eigenvalue weighted by atomic mass is 10.2. The molecular formula is C12H16N2OS. The van der Waals surface area contributed by atoms with Gasteiger partial charge in [0.2, 0.25) is 0 Å². The van der Waals surface area contributed by atoms with E-state index in [1.54, 1.807) is 7.11 Å². The Hall–Kier alpha value is -1.13. The molecule has 2 rings (SSSR count). The van der Waals surface area contributed by atoms with Crippen LogP contribution in [0.5, 0.6) is 0 Å². The number of nitrogens with one attached hydrogen (secondary N) is 1. The fourth-order valence-electron chi connectivity index (χ4n) is 2.09. The third kappa shape index (κ3) is 1.79. The standard InChI is InChI=1S/C12H16N2OS/c1-8-5-4-6-10-11(8)14(12(16)13-10)9(2)7-15-3/h4-6,9H,7H2,1-3H3,(H,13,16). The number of imidazole rings is 1. The largest absolute Gasteiger partial charge is 0.383 e. The van der Waals surface area contributed by atoms with Gasteiger partial charge in [0.1, 0.15) is 0 Å². The normalized spacial score (nSPS) is 13.2. The molecule has 1 heterocycles. The Balaban J connectivity index is 2.68. The van der Waals surface area contributed by atoms with E-state index in [-0.39, 0.29) is 6.04 Å². The maximum Gasteiger partial charge on any atom is 0.178 e. The Labute approximate surface area is 100 Å². The zero-order chi connectivity index (χ0) is 11.7. The number of nitrogens with zero attached hydrogens (tertiary/aromatic N) is 1. The first-order valence-corrected chi connectivity index (χ1v) is 5.74. The molecule has 2 aromatic rings. The summed E-state index contributed by atoms with van der Waals surface area (Å²) < 4.78 is 8.08. The monoisotopic (exact) mass is 236 g/mol. The molecule has 1 atom stereocenters. The smallest absolute Gasteiger partial charge is 0.178 e. The molecule has 0 spiro atoms. The van der Waals surface area contributed by atoms with E-state index < -0.39 is 0 Å². The van der Waals surface area contributed by atoms with Crippen LogP contribution in [-0.4, -0.2) is 23.3 Å². The van der Waals surface area contributed by atoms with Crippen molar-refractivity contribution >= 4 is 23.3 Å². The highest BCUT2D eigenvalue weighted by Gasteiger charge is 2.12. The molecule has 1 unspecified atom stereocenters. The minimum atomic E-state index is 0.243. The second kappa shape index (κ2) is 4.39. The SMILES string of the molecule is COCC(C)n1c(=S)[nH]c2cccc(C)c21. The molecule has 4 heteroatoms. The second-order valence-electron chi connectivity index (χ2n) is 4.08. The van der Waals surface area contributed by atoms with Gasteiger partial charge in [-0.25, -0.2) is 0 Å². The van der Waals surface area contributed by atoms with Crippen molar-refractivity contribution in [2.24, 2.45) is 0 Å². The zero-order valence-corrected chi connectivity index (χ0v) is 10.6. The number of aryl methyl sites for hydroxylation is 1. The van der Waals surface area contributed by atoms with Gasteiger partial charge in [0, 0.05) is 7.11 Å². The molecule has 1 aromatic heterocycles. The second-order valence-corrected chi connectivity index (χ2v) is 4.46. The van der Waals surface area contributed by atoms with E-state index in [0.29, 0.717) is 6.61 Å². The molecule has 0 radical (unpaired) electrons. The first kappa shape index (κ1) is 11.4. The number of rotatable bonds is 3. The van der Waals surface area contributed by atoms with Gasteiger partial charge in [-0.3, -0.25) is 0 Å². The van der Waals surface area contributed by atoms with E-state index in [9.17, 15) is 0 Å². The van der Waals surface area contributed by atoms with Gasteiger partial charge in [-0.2, -0.15) is 0 Å². The van der Waals surface area contributed by atoms with Crippen LogP contribution in [-0.2, 0) is 4.74 Å². The van der Waals surface area contributed by atoms with Gasteiger partial charge >= 0.3 is 0 Å². The summed E-state index contributed by atoms with van der Waals surface area (Å²) in [4.78, 5) is 3.23. The lowest BCUT2D eigenvalue weighted by molar-refractivity contribution is 0.163. The van der Waals surface area contributed by atoms with Gasteiger partial charge < -0.3 is 14.3 Å². The van der Waals surface area contributed by atoms with Crippen LogP contribution in [0, 0.1) is 11.7 Å². The first-order valence-electron chi connectivity index (χ1n) is 5.34. The summed E-state index contributed by atoms with van der Waals surface area (Å²) in [6, 6.07) is 6.43. The maximum atomic E-state index is 5.35. The molecule has 0 saturated carbocycles. The Kier molecular flexibility index (Phi) is 3.12. The molecule has 0 aliphatic rings. The van der Waals surface area contributed by atoms with Gasteiger partial charge in [0.15, 0.2) is 4.77 Å². The molecule has 0 fully saturated rings. The van der Waals surface area contributed by atoms with Gasteiger partial charge in [-0.1, -0.05) is 12.1 Å². The van der Waals surface area contributed by atoms with Crippen LogP contribution in [0.4, 0.5) is 0 Å². The Bertz CT molecular complexity index is 556. The summed E-state index contributed by atoms with van der Waals surface area (Å²) in [6.45, 7) is 4.87. The van der Waals surface area contributed by atoms with Crippen LogP contribution in [0.3, 0.4) is 0 Å². The van der Waals surface area contributed by atoms with Crippen LogP contribution < -0.4 is 0 Å². The van der Waals surface area contributed by atoms with Crippen molar-refractivity contribution in [3.8, 4) is 0 Å². The van der Waals surface area contributed by atoms with Crippen molar-refractivity contribution in [3.63, 3.8) is 0 Å². The highest BCUT2D eigenvalue weighted by Crippen LogP contribution is 2.22. The number of benzene rings is 1. The summed E-state index contributed by atoms with van der Waals surface area (Å²) in [5.74, 6) is 0. The number of fused-ring (bicyclic) bond motifs is 1. The molecule has 0 bridgehead atoms. The Morgan fingerprint density at radius 2 is 2.25 bits per heavy atom. The molecule has 3 nitrogen and oxygen atoms in total. The van der Waals surface area contributed by atoms with Crippen molar-refractivity contribution in [1.29, 1.82) is 0 Å². The fraction of sp³-hybridized carbons (Fsp3) is 0.417. The number of methoxy groups -OCH3 is 1. The summed E-state index contributed by atoms with van der Waals surface area (Å²) in [6.07, 6.45) is 0. The van der Waals surface area contributed by atoms with Crippen LogP contribution in [0.2, 0.25) is 0 Å². The topological polar surface area (TPSA) is 29.9 Å². The summed E-state index contributed by atoms with van der Waals surface area (Å²) in [7, 11) is 1.71. The minimum absolute atomic E-state index is 0.243. The summed E-state index contributed by atoms with van der Waals surface area (Å²) in [5.41, 5.74) is 3.50. The molecule has 86 valence electrons. The van der Waals surface area contributed by atoms with Gasteiger partial charge in [0.05, 0.1) is 23.7 Å². The predicted octanol–water partition coefficient (Wildman–Crippen LogP) is 3.21. The lowest BCUT2D eigenvalue weighted by Gasteiger charge is -2.14. The quantitative estimate of drug-likeness (QED) is 0.829. The predicted molar refractivity (Wildman–Crippen MR) is 68.4 cm³/mol. The minimum Gasteiger partial charge on any atom is -0.383 e. The van der Waals surface area contributed by atoms with E-state index in [4.69, 9.17) is 17.0 Å². The highest BCUT2D eigenvalue weighted by atomic mass is 32.1. The number of aromatic nitrogens is 2. The van der Waals surface area contributed by atoms with E-state index in [1.165, 1.54) is 11.1 Å². The summed E-state index contributed by atoms with van der Waals surface area (Å²) in [5, 5.41) is 0. The van der Waals surface area contributed by atoms with Crippen molar-refractivity contribution in [1.82, 2.24) is 9.55 Å². The number of H-pyrrole nitrogens is 1. The van der Waals surface area contributed by atoms with Crippen LogP contribution in [0.25, 0.3) is 11.0 Å². The molecule has 1 N–H and O–H groups in total. The third-order valence-corrected chi connectivity index (χ3v) is 3.09.